The van der Waals surface area contributed by atoms with Crippen molar-refractivity contribution in [1.29, 1.82) is 5.41 Å². The predicted octanol–water partition coefficient (Wildman–Crippen LogP) is 0.358. The number of nitrogens with zero attached hydrogens (tertiary/aromatic N) is 1. The van der Waals surface area contributed by atoms with E-state index in [-0.39, 0.29) is 41.8 Å². The first-order valence-corrected chi connectivity index (χ1v) is 13.8. The first kappa shape index (κ1) is 34.6. The van der Waals surface area contributed by atoms with Crippen molar-refractivity contribution >= 4 is 23.4 Å². The van der Waals surface area contributed by atoms with E-state index in [0.29, 0.717) is 43.5 Å². The van der Waals surface area contributed by atoms with Crippen LogP contribution in [0.1, 0.15) is 44.7 Å². The summed E-state index contributed by atoms with van der Waals surface area (Å²) in [5.74, 6) is -1.27. The molecule has 42 heavy (non-hydrogen) atoms. The second kappa shape index (κ2) is 16.7. The van der Waals surface area contributed by atoms with Crippen LogP contribution in [0.3, 0.4) is 0 Å². The van der Waals surface area contributed by atoms with Crippen LogP contribution >= 0.6 is 0 Å². The molecule has 10 N–H and O–H groups in total. The Kier molecular flexibility index (Phi) is 13.8. The zero-order valence-electron chi connectivity index (χ0n) is 24.2. The predicted molar refractivity (Wildman–Crippen MR) is 157 cm³/mol. The summed E-state index contributed by atoms with van der Waals surface area (Å²) in [5.41, 5.74) is 14.2. The van der Waals surface area contributed by atoms with Crippen molar-refractivity contribution in [2.45, 2.75) is 71.1 Å². The summed E-state index contributed by atoms with van der Waals surface area (Å²) in [5, 5.41) is 50.6. The molecule has 1 heterocycles. The lowest BCUT2D eigenvalue weighted by Gasteiger charge is -2.37. The molecule has 1 fully saturated rings. The van der Waals surface area contributed by atoms with Crippen molar-refractivity contribution in [3.05, 3.63) is 58.5 Å². The van der Waals surface area contributed by atoms with E-state index in [1.807, 2.05) is 38.1 Å². The maximum absolute atomic E-state index is 12.1. The van der Waals surface area contributed by atoms with Crippen LogP contribution in [-0.2, 0) is 31.9 Å². The Morgan fingerprint density at radius 2 is 1.86 bits per heavy atom. The molecule has 2 rings (SSSR count). The molecule has 0 saturated carbocycles. The molecule has 1 aliphatic rings. The van der Waals surface area contributed by atoms with Crippen molar-refractivity contribution in [2.24, 2.45) is 22.4 Å². The lowest BCUT2D eigenvalue weighted by molar-refractivity contribution is -0.203. The first-order chi connectivity index (χ1) is 19.9. The summed E-state index contributed by atoms with van der Waals surface area (Å²) < 4.78 is 11.1. The molecule has 1 saturated heterocycles. The van der Waals surface area contributed by atoms with Crippen molar-refractivity contribution < 1.29 is 39.5 Å². The first-order valence-electron chi connectivity index (χ1n) is 13.8. The van der Waals surface area contributed by atoms with Gasteiger partial charge in [0, 0.05) is 37.2 Å². The van der Waals surface area contributed by atoms with Gasteiger partial charge in [-0.05, 0) is 36.8 Å². The van der Waals surface area contributed by atoms with Crippen molar-refractivity contribution in [1.82, 2.24) is 5.32 Å². The fourth-order valence-corrected chi connectivity index (χ4v) is 4.16. The summed E-state index contributed by atoms with van der Waals surface area (Å²) in [6.07, 6.45) is -3.52. The standard InChI is InChI=1S/C29H43N5O8/c1-16(2)24(31)20(27(32)42-29-21(14-35)25(38)26(39)22(15-36)41-29)13-19-9-7-18(8-10-19)5-4-6-23(37)34-17(3)28(40)33-12-11-30/h7-10,14,16,22,25-26,29,32,35-36,38-39H,4-6,11-13,15,30-31H2,1-3H3,(H,33,40)/b21-14-,24-20-,32-27?,34-17+/t22-,25-,26+,29+/m1/s1. The van der Waals surface area contributed by atoms with Crippen LogP contribution in [0.4, 0.5) is 0 Å². The highest BCUT2D eigenvalue weighted by atomic mass is 16.7. The smallest absolute Gasteiger partial charge is 0.265 e. The second-order valence-electron chi connectivity index (χ2n) is 10.3. The van der Waals surface area contributed by atoms with E-state index in [0.717, 1.165) is 11.1 Å². The van der Waals surface area contributed by atoms with Gasteiger partial charge in [0.2, 0.25) is 18.1 Å². The summed E-state index contributed by atoms with van der Waals surface area (Å²) in [6.45, 7) is 5.20. The number of benzene rings is 1. The molecular weight excluding hydrogens is 546 g/mol. The average Bonchev–Trinajstić information content (AvgIpc) is 2.96. The molecule has 2 amide bonds. The Hall–Kier alpha value is -3.62. The van der Waals surface area contributed by atoms with Crippen LogP contribution in [0.15, 0.2) is 52.4 Å². The van der Waals surface area contributed by atoms with Gasteiger partial charge in [0.05, 0.1) is 18.4 Å². The normalized spacial score (nSPS) is 22.6. The topological polar surface area (TPSA) is 234 Å². The lowest BCUT2D eigenvalue weighted by atomic mass is 9.96. The minimum Gasteiger partial charge on any atom is -0.515 e. The molecule has 0 spiro atoms. The van der Waals surface area contributed by atoms with E-state index in [9.17, 15) is 30.0 Å². The number of ether oxygens (including phenoxy) is 2. The average molecular weight is 590 g/mol. The molecular formula is C29H43N5O8. The van der Waals surface area contributed by atoms with Crippen LogP contribution in [-0.4, -0.2) is 88.1 Å². The molecule has 13 heteroatoms. The van der Waals surface area contributed by atoms with Gasteiger partial charge in [0.1, 0.15) is 24.0 Å². The Labute approximate surface area is 245 Å². The molecule has 1 aromatic carbocycles. The minimum absolute atomic E-state index is 0.0949. The second-order valence-corrected chi connectivity index (χ2v) is 10.3. The van der Waals surface area contributed by atoms with Gasteiger partial charge >= 0.3 is 0 Å². The number of aliphatic hydroxyl groups excluding tert-OH is 4. The highest BCUT2D eigenvalue weighted by molar-refractivity contribution is 6.39. The van der Waals surface area contributed by atoms with E-state index >= 15 is 0 Å². The molecule has 4 atom stereocenters. The summed E-state index contributed by atoms with van der Waals surface area (Å²) in [7, 11) is 0. The van der Waals surface area contributed by atoms with Gasteiger partial charge in [-0.2, -0.15) is 0 Å². The zero-order chi connectivity index (χ0) is 31.4. The number of nitrogens with one attached hydrogen (secondary N) is 2. The van der Waals surface area contributed by atoms with Gasteiger partial charge < -0.3 is 46.7 Å². The number of rotatable bonds is 13. The summed E-state index contributed by atoms with van der Waals surface area (Å²) in [6, 6.07) is 7.56. The number of hydrogen-bond donors (Lipinski definition) is 8. The number of aryl methyl sites for hydroxylation is 1. The van der Waals surface area contributed by atoms with E-state index in [4.69, 9.17) is 26.4 Å². The third-order valence-corrected chi connectivity index (χ3v) is 6.73. The van der Waals surface area contributed by atoms with Crippen LogP contribution in [0.25, 0.3) is 0 Å². The van der Waals surface area contributed by atoms with E-state index in [1.54, 1.807) is 0 Å². The Morgan fingerprint density at radius 3 is 2.43 bits per heavy atom. The van der Waals surface area contributed by atoms with E-state index in [1.165, 1.54) is 6.92 Å². The maximum atomic E-state index is 12.1. The summed E-state index contributed by atoms with van der Waals surface area (Å²) >= 11 is 0. The van der Waals surface area contributed by atoms with Crippen LogP contribution < -0.4 is 16.8 Å². The van der Waals surface area contributed by atoms with Crippen LogP contribution in [0.5, 0.6) is 0 Å². The molecule has 0 aromatic heterocycles. The third kappa shape index (κ3) is 9.74. The fraction of sp³-hybridized carbons (Fsp3) is 0.517. The molecule has 13 nitrogen and oxygen atoms in total. The van der Waals surface area contributed by atoms with Gasteiger partial charge in [-0.3, -0.25) is 15.0 Å². The number of aliphatic hydroxyl groups is 4. The quantitative estimate of drug-likeness (QED) is 0.0893. The molecule has 1 aromatic rings. The highest BCUT2D eigenvalue weighted by Crippen LogP contribution is 2.28. The largest absolute Gasteiger partial charge is 0.515 e. The van der Waals surface area contributed by atoms with Crippen molar-refractivity contribution in [2.75, 3.05) is 19.7 Å². The SMILES string of the molecule is C/C(=N\C(=O)CCCc1ccc(C/C(C(=N)O[C@@H]2O[C@H](CO)[C@H](O)[C@H](O)/C2=C/O)=C(/N)C(C)C)cc1)C(=O)NCCN. The van der Waals surface area contributed by atoms with Crippen LogP contribution in [0, 0.1) is 11.3 Å². The van der Waals surface area contributed by atoms with Gasteiger partial charge in [0.25, 0.3) is 5.91 Å². The Bertz CT molecular complexity index is 1180. The molecule has 1 aliphatic heterocycles. The number of allylic oxidation sites excluding steroid dienone is 1. The molecule has 0 bridgehead atoms. The molecule has 232 valence electrons. The van der Waals surface area contributed by atoms with Crippen molar-refractivity contribution in [3.63, 3.8) is 0 Å². The number of amides is 2. The van der Waals surface area contributed by atoms with E-state index < -0.39 is 37.1 Å². The monoisotopic (exact) mass is 589 g/mol. The van der Waals surface area contributed by atoms with Gasteiger partial charge in [-0.1, -0.05) is 38.1 Å². The fourth-order valence-electron chi connectivity index (χ4n) is 4.16. The Balaban J connectivity index is 2.05. The van der Waals surface area contributed by atoms with Gasteiger partial charge in [0.15, 0.2) is 0 Å². The van der Waals surface area contributed by atoms with Gasteiger partial charge in [-0.25, -0.2) is 4.99 Å². The Morgan fingerprint density at radius 1 is 1.21 bits per heavy atom. The molecule has 0 radical (unpaired) electrons. The zero-order valence-corrected chi connectivity index (χ0v) is 24.2. The van der Waals surface area contributed by atoms with Crippen LogP contribution in [0.2, 0.25) is 0 Å². The number of carbonyl (C=O) groups is 2. The number of hydrogen-bond acceptors (Lipinski definition) is 11. The number of carbonyl (C=O) groups excluding carboxylic acids is 2. The highest BCUT2D eigenvalue weighted by Gasteiger charge is 2.42. The van der Waals surface area contributed by atoms with Gasteiger partial charge in [-0.15, -0.1) is 0 Å². The van der Waals surface area contributed by atoms with E-state index in [2.05, 4.69) is 10.3 Å². The third-order valence-electron chi connectivity index (χ3n) is 6.73. The number of nitrogens with two attached hydrogens (primary N) is 2. The molecule has 0 aliphatic carbocycles. The minimum atomic E-state index is -1.56. The molecule has 0 unspecified atom stereocenters. The summed E-state index contributed by atoms with van der Waals surface area (Å²) in [4.78, 5) is 27.8. The number of aliphatic imine (C=N–C) groups is 1. The maximum Gasteiger partial charge on any atom is 0.265 e. The lowest BCUT2D eigenvalue weighted by Crippen LogP contribution is -2.52. The van der Waals surface area contributed by atoms with Crippen molar-refractivity contribution in [3.8, 4) is 0 Å².